The summed E-state index contributed by atoms with van der Waals surface area (Å²) >= 11 is 12.4. The second-order valence-corrected chi connectivity index (χ2v) is 5.12. The molecule has 1 aromatic carbocycles. The van der Waals surface area contributed by atoms with E-state index in [1.807, 2.05) is 18.2 Å². The Balaban J connectivity index is 2.19. The summed E-state index contributed by atoms with van der Waals surface area (Å²) in [5.41, 5.74) is 0.758. The number of benzene rings is 1. The highest BCUT2D eigenvalue weighted by molar-refractivity contribution is 6.38. The lowest BCUT2D eigenvalue weighted by atomic mass is 10.2. The molecule has 2 aromatic rings. The molecule has 0 spiro atoms. The van der Waals surface area contributed by atoms with Crippen LogP contribution >= 0.6 is 23.2 Å². The lowest BCUT2D eigenvalue weighted by molar-refractivity contribution is 0.439. The van der Waals surface area contributed by atoms with Gasteiger partial charge in [-0.3, -0.25) is 0 Å². The van der Waals surface area contributed by atoms with Gasteiger partial charge >= 0.3 is 0 Å². The molecule has 4 nitrogen and oxygen atoms in total. The Kier molecular flexibility index (Phi) is 3.01. The molecule has 18 heavy (non-hydrogen) atoms. The Morgan fingerprint density at radius 2 is 2.00 bits per heavy atom. The van der Waals surface area contributed by atoms with Crippen LogP contribution in [0.25, 0.3) is 11.4 Å². The fourth-order valence-electron chi connectivity index (χ4n) is 2.24. The Hall–Kier alpha value is -1.10. The average Bonchev–Trinajstić information content (AvgIpc) is 2.75. The van der Waals surface area contributed by atoms with Crippen LogP contribution in [0.15, 0.2) is 18.2 Å². The highest BCUT2D eigenvalue weighted by Crippen LogP contribution is 2.34. The maximum atomic E-state index is 6.22. The Bertz CT molecular complexity index is 574. The molecule has 0 saturated heterocycles. The fourth-order valence-corrected chi connectivity index (χ4v) is 2.80. The van der Waals surface area contributed by atoms with Gasteiger partial charge in [0.25, 0.3) is 0 Å². The fraction of sp³-hybridized carbons (Fsp3) is 0.333. The number of fused-ring (bicyclic) bond motifs is 1. The first kappa shape index (κ1) is 12.0. The van der Waals surface area contributed by atoms with Crippen LogP contribution in [-0.4, -0.2) is 21.3 Å². The van der Waals surface area contributed by atoms with E-state index in [2.05, 4.69) is 27.0 Å². The first-order chi connectivity index (χ1) is 8.68. The van der Waals surface area contributed by atoms with Crippen LogP contribution in [0.3, 0.4) is 0 Å². The normalized spacial score (nSPS) is 18.7. The van der Waals surface area contributed by atoms with Gasteiger partial charge in [-0.05, 0) is 19.1 Å². The lowest BCUT2D eigenvalue weighted by Crippen LogP contribution is -2.32. The summed E-state index contributed by atoms with van der Waals surface area (Å²) in [5.74, 6) is 1.67. The van der Waals surface area contributed by atoms with Crippen LogP contribution in [0.4, 0.5) is 0 Å². The van der Waals surface area contributed by atoms with E-state index < -0.39 is 0 Å². The molecule has 0 saturated carbocycles. The minimum atomic E-state index is 0.196. The molecule has 1 aliphatic heterocycles. The van der Waals surface area contributed by atoms with Crippen LogP contribution in [0.1, 0.15) is 18.8 Å². The molecule has 3 rings (SSSR count). The quantitative estimate of drug-likeness (QED) is 0.875. The van der Waals surface area contributed by atoms with Gasteiger partial charge in [-0.2, -0.15) is 0 Å². The van der Waals surface area contributed by atoms with Gasteiger partial charge in [-0.15, -0.1) is 10.2 Å². The van der Waals surface area contributed by atoms with Crippen molar-refractivity contribution in [1.82, 2.24) is 20.1 Å². The predicted octanol–water partition coefficient (Wildman–Crippen LogP) is 2.92. The van der Waals surface area contributed by atoms with Gasteiger partial charge in [0.05, 0.1) is 21.7 Å². The molecular formula is C12H12Cl2N4. The lowest BCUT2D eigenvalue weighted by Gasteiger charge is -2.22. The van der Waals surface area contributed by atoms with Gasteiger partial charge in [0.15, 0.2) is 5.82 Å². The zero-order valence-electron chi connectivity index (χ0n) is 9.82. The third-order valence-corrected chi connectivity index (χ3v) is 3.77. The summed E-state index contributed by atoms with van der Waals surface area (Å²) in [4.78, 5) is 0. The van der Waals surface area contributed by atoms with E-state index in [0.29, 0.717) is 10.0 Å². The van der Waals surface area contributed by atoms with Gasteiger partial charge in [0, 0.05) is 13.1 Å². The van der Waals surface area contributed by atoms with Crippen molar-refractivity contribution in [1.29, 1.82) is 0 Å². The molecule has 1 aliphatic rings. The van der Waals surface area contributed by atoms with E-state index >= 15 is 0 Å². The summed E-state index contributed by atoms with van der Waals surface area (Å²) in [6.07, 6.45) is 0. The number of halogens is 2. The van der Waals surface area contributed by atoms with E-state index in [1.54, 1.807) is 0 Å². The first-order valence-electron chi connectivity index (χ1n) is 5.79. The minimum Gasteiger partial charge on any atom is -0.308 e. The second-order valence-electron chi connectivity index (χ2n) is 4.31. The Morgan fingerprint density at radius 3 is 2.72 bits per heavy atom. The van der Waals surface area contributed by atoms with Gasteiger partial charge in [0.1, 0.15) is 5.82 Å². The average molecular weight is 283 g/mol. The highest BCUT2D eigenvalue weighted by Gasteiger charge is 2.24. The smallest absolute Gasteiger partial charge is 0.167 e. The molecular weight excluding hydrogens is 271 g/mol. The molecule has 0 fully saturated rings. The summed E-state index contributed by atoms with van der Waals surface area (Å²) in [6, 6.07) is 5.65. The number of aromatic nitrogens is 3. The van der Waals surface area contributed by atoms with E-state index in [0.717, 1.165) is 30.3 Å². The largest absolute Gasteiger partial charge is 0.308 e. The Labute approximate surface area is 115 Å². The van der Waals surface area contributed by atoms with Crippen molar-refractivity contribution in [2.24, 2.45) is 0 Å². The molecule has 0 bridgehead atoms. The standard InChI is InChI=1S/C12H12Cl2N4/c1-7-11-16-17-12(18(11)6-5-15-7)10-8(13)3-2-4-9(10)14/h2-4,7,15H,5-6H2,1H3. The van der Waals surface area contributed by atoms with Crippen LogP contribution in [0.5, 0.6) is 0 Å². The third kappa shape index (κ3) is 1.81. The molecule has 2 heterocycles. The highest BCUT2D eigenvalue weighted by atomic mass is 35.5. The van der Waals surface area contributed by atoms with Crippen molar-refractivity contribution in [3.63, 3.8) is 0 Å². The number of hydrogen-bond acceptors (Lipinski definition) is 3. The molecule has 94 valence electrons. The SMILES string of the molecule is CC1NCCn2c(-c3c(Cl)cccc3Cl)nnc21. The predicted molar refractivity (Wildman–Crippen MR) is 71.9 cm³/mol. The monoisotopic (exact) mass is 282 g/mol. The van der Waals surface area contributed by atoms with Crippen molar-refractivity contribution in [2.45, 2.75) is 19.5 Å². The molecule has 1 atom stereocenters. The zero-order valence-corrected chi connectivity index (χ0v) is 11.3. The second kappa shape index (κ2) is 4.53. The molecule has 0 aliphatic carbocycles. The van der Waals surface area contributed by atoms with Crippen LogP contribution in [-0.2, 0) is 6.54 Å². The first-order valence-corrected chi connectivity index (χ1v) is 6.55. The molecule has 1 aromatic heterocycles. The van der Waals surface area contributed by atoms with Crippen LogP contribution in [0.2, 0.25) is 10.0 Å². The number of nitrogens with one attached hydrogen (secondary N) is 1. The third-order valence-electron chi connectivity index (χ3n) is 3.14. The Morgan fingerprint density at radius 1 is 1.28 bits per heavy atom. The number of rotatable bonds is 1. The van der Waals surface area contributed by atoms with E-state index in [9.17, 15) is 0 Å². The van der Waals surface area contributed by atoms with Gasteiger partial charge < -0.3 is 9.88 Å². The van der Waals surface area contributed by atoms with E-state index in [1.165, 1.54) is 0 Å². The van der Waals surface area contributed by atoms with E-state index in [-0.39, 0.29) is 6.04 Å². The summed E-state index contributed by atoms with van der Waals surface area (Å²) < 4.78 is 2.08. The van der Waals surface area contributed by atoms with Gasteiger partial charge in [0.2, 0.25) is 0 Å². The maximum Gasteiger partial charge on any atom is 0.167 e. The van der Waals surface area contributed by atoms with Crippen molar-refractivity contribution in [3.05, 3.63) is 34.1 Å². The van der Waals surface area contributed by atoms with Crippen molar-refractivity contribution >= 4 is 23.2 Å². The van der Waals surface area contributed by atoms with Crippen molar-refractivity contribution < 1.29 is 0 Å². The van der Waals surface area contributed by atoms with Crippen LogP contribution in [0, 0.1) is 0 Å². The summed E-state index contributed by atoms with van der Waals surface area (Å²) in [5, 5.41) is 13.0. The van der Waals surface area contributed by atoms with E-state index in [4.69, 9.17) is 23.2 Å². The van der Waals surface area contributed by atoms with Crippen LogP contribution < -0.4 is 5.32 Å². The van der Waals surface area contributed by atoms with Crippen molar-refractivity contribution in [2.75, 3.05) is 6.54 Å². The maximum absolute atomic E-state index is 6.22. The van der Waals surface area contributed by atoms with Crippen molar-refractivity contribution in [3.8, 4) is 11.4 Å². The molecule has 0 amide bonds. The molecule has 0 radical (unpaired) electrons. The summed E-state index contributed by atoms with van der Waals surface area (Å²) in [7, 11) is 0. The number of hydrogen-bond donors (Lipinski definition) is 1. The minimum absolute atomic E-state index is 0.196. The molecule has 1 unspecified atom stereocenters. The summed E-state index contributed by atoms with van der Waals surface area (Å²) in [6.45, 7) is 3.78. The van der Waals surface area contributed by atoms with Gasteiger partial charge in [-0.1, -0.05) is 29.3 Å². The number of nitrogens with zero attached hydrogens (tertiary/aromatic N) is 3. The zero-order chi connectivity index (χ0) is 12.7. The molecule has 1 N–H and O–H groups in total. The molecule has 6 heteroatoms. The van der Waals surface area contributed by atoms with Gasteiger partial charge in [-0.25, -0.2) is 0 Å². The topological polar surface area (TPSA) is 42.7 Å².